The zero-order chi connectivity index (χ0) is 21.4. The molecule has 0 atom stereocenters. The number of ether oxygens (including phenoxy) is 1. The van der Waals surface area contributed by atoms with Gasteiger partial charge in [-0.1, -0.05) is 29.8 Å². The number of rotatable bonds is 5. The highest BCUT2D eigenvalue weighted by atomic mass is 32.1. The van der Waals surface area contributed by atoms with Gasteiger partial charge in [-0.15, -0.1) is 11.3 Å². The van der Waals surface area contributed by atoms with E-state index in [2.05, 4.69) is 0 Å². The van der Waals surface area contributed by atoms with Gasteiger partial charge in [-0.25, -0.2) is 9.36 Å². The van der Waals surface area contributed by atoms with Crippen molar-refractivity contribution in [3.05, 3.63) is 90.9 Å². The van der Waals surface area contributed by atoms with Gasteiger partial charge < -0.3 is 4.74 Å². The molecule has 4 rings (SSSR count). The minimum absolute atomic E-state index is 0.277. The molecule has 6 heteroatoms. The van der Waals surface area contributed by atoms with Gasteiger partial charge in [0.2, 0.25) is 0 Å². The molecule has 5 nitrogen and oxygen atoms in total. The maximum atomic E-state index is 13.5. The summed E-state index contributed by atoms with van der Waals surface area (Å²) in [6, 6.07) is 15.2. The Balaban J connectivity index is 1.96. The van der Waals surface area contributed by atoms with Crippen molar-refractivity contribution in [2.45, 2.75) is 34.2 Å². The fourth-order valence-electron chi connectivity index (χ4n) is 3.56. The lowest BCUT2D eigenvalue weighted by Gasteiger charge is -2.13. The Morgan fingerprint density at radius 3 is 2.23 bits per heavy atom. The Kier molecular flexibility index (Phi) is 5.35. The molecule has 4 aromatic rings. The summed E-state index contributed by atoms with van der Waals surface area (Å²) < 4.78 is 8.47. The van der Waals surface area contributed by atoms with Crippen LogP contribution in [0.3, 0.4) is 0 Å². The minimum Gasteiger partial charge on any atom is -0.494 e. The first-order valence-corrected chi connectivity index (χ1v) is 10.8. The molecule has 0 fully saturated rings. The number of thiophene rings is 1. The van der Waals surface area contributed by atoms with E-state index in [4.69, 9.17) is 4.74 Å². The molecule has 2 heterocycles. The van der Waals surface area contributed by atoms with Gasteiger partial charge in [0.1, 0.15) is 10.6 Å². The maximum Gasteiger partial charge on any atom is 0.337 e. The highest BCUT2D eigenvalue weighted by Gasteiger charge is 2.19. The standard InChI is InChI=1S/C24H24N2O3S/c1-5-29-20-12-10-19(11-13-20)26-22(27)21-16(3)17(4)30-23(21)25(24(26)28)14-18-8-6-15(2)7-9-18/h6-13H,5,14H2,1-4H3. The number of fused-ring (bicyclic) bond motifs is 1. The van der Waals surface area contributed by atoms with Crippen molar-refractivity contribution in [1.29, 1.82) is 0 Å². The molecule has 2 aromatic carbocycles. The molecule has 0 aliphatic rings. The van der Waals surface area contributed by atoms with Crippen molar-refractivity contribution in [2.75, 3.05) is 6.61 Å². The van der Waals surface area contributed by atoms with Gasteiger partial charge in [0.05, 0.1) is 24.2 Å². The molecule has 0 saturated carbocycles. The van der Waals surface area contributed by atoms with Crippen molar-refractivity contribution in [3.8, 4) is 11.4 Å². The van der Waals surface area contributed by atoms with Crippen LogP contribution in [0.2, 0.25) is 0 Å². The molecule has 0 bridgehead atoms. The summed E-state index contributed by atoms with van der Waals surface area (Å²) in [6.07, 6.45) is 0. The normalized spacial score (nSPS) is 11.2. The van der Waals surface area contributed by atoms with E-state index < -0.39 is 0 Å². The van der Waals surface area contributed by atoms with Crippen LogP contribution in [0.25, 0.3) is 15.9 Å². The molecule has 30 heavy (non-hydrogen) atoms. The fraction of sp³-hybridized carbons (Fsp3) is 0.250. The van der Waals surface area contributed by atoms with Crippen LogP contribution < -0.4 is 16.0 Å². The number of aromatic nitrogens is 2. The molecule has 0 radical (unpaired) electrons. The fourth-order valence-corrected chi connectivity index (χ4v) is 4.70. The molecule has 0 unspecified atom stereocenters. The Labute approximate surface area is 178 Å². The first kappa shape index (κ1) is 20.2. The van der Waals surface area contributed by atoms with E-state index >= 15 is 0 Å². The Morgan fingerprint density at radius 1 is 0.933 bits per heavy atom. The number of nitrogens with zero attached hydrogens (tertiary/aromatic N) is 2. The highest BCUT2D eigenvalue weighted by molar-refractivity contribution is 7.18. The van der Waals surface area contributed by atoms with Crippen LogP contribution in [0.5, 0.6) is 5.75 Å². The monoisotopic (exact) mass is 420 g/mol. The molecule has 0 aliphatic heterocycles. The Morgan fingerprint density at radius 2 is 1.60 bits per heavy atom. The van der Waals surface area contributed by atoms with Crippen LogP contribution in [0.15, 0.2) is 58.1 Å². The van der Waals surface area contributed by atoms with E-state index in [0.717, 1.165) is 20.8 Å². The van der Waals surface area contributed by atoms with Gasteiger partial charge in [0.25, 0.3) is 5.56 Å². The summed E-state index contributed by atoms with van der Waals surface area (Å²) in [7, 11) is 0. The topological polar surface area (TPSA) is 53.2 Å². The van der Waals surface area contributed by atoms with Crippen molar-refractivity contribution >= 4 is 21.6 Å². The Hall–Kier alpha value is -3.12. The predicted octanol–water partition coefficient (Wildman–Crippen LogP) is 4.59. The highest BCUT2D eigenvalue weighted by Crippen LogP contribution is 2.27. The van der Waals surface area contributed by atoms with Crippen molar-refractivity contribution in [3.63, 3.8) is 0 Å². The van der Waals surface area contributed by atoms with Gasteiger partial charge in [-0.05, 0) is 63.1 Å². The number of hydrogen-bond donors (Lipinski definition) is 0. The molecule has 2 aromatic heterocycles. The van der Waals surface area contributed by atoms with Crippen molar-refractivity contribution in [1.82, 2.24) is 9.13 Å². The minimum atomic E-state index is -0.335. The van der Waals surface area contributed by atoms with Crippen LogP contribution >= 0.6 is 11.3 Å². The lowest BCUT2D eigenvalue weighted by Crippen LogP contribution is -2.38. The van der Waals surface area contributed by atoms with Gasteiger partial charge in [0, 0.05) is 4.88 Å². The third-order valence-corrected chi connectivity index (χ3v) is 6.55. The van der Waals surface area contributed by atoms with Gasteiger partial charge in [-0.3, -0.25) is 9.36 Å². The van der Waals surface area contributed by atoms with Gasteiger partial charge >= 0.3 is 5.69 Å². The van der Waals surface area contributed by atoms with Crippen LogP contribution in [0.1, 0.15) is 28.5 Å². The SMILES string of the molecule is CCOc1ccc(-n2c(=O)c3c(C)c(C)sc3n(Cc3ccc(C)cc3)c2=O)cc1. The number of hydrogen-bond acceptors (Lipinski definition) is 4. The second-order valence-corrected chi connectivity index (χ2v) is 8.59. The van der Waals surface area contributed by atoms with Crippen LogP contribution in [0, 0.1) is 20.8 Å². The van der Waals surface area contributed by atoms with Crippen LogP contribution in [-0.4, -0.2) is 15.7 Å². The van der Waals surface area contributed by atoms with Crippen LogP contribution in [-0.2, 0) is 6.54 Å². The van der Waals surface area contributed by atoms with E-state index in [1.807, 2.05) is 52.0 Å². The molecule has 0 saturated heterocycles. The molecular weight excluding hydrogens is 396 g/mol. The zero-order valence-corrected chi connectivity index (χ0v) is 18.4. The molecular formula is C24H24N2O3S. The summed E-state index contributed by atoms with van der Waals surface area (Å²) in [5, 5.41) is 0.609. The van der Waals surface area contributed by atoms with Crippen LogP contribution in [0.4, 0.5) is 0 Å². The third kappa shape index (κ3) is 3.48. The predicted molar refractivity (Wildman–Crippen MR) is 123 cm³/mol. The van der Waals surface area contributed by atoms with Gasteiger partial charge in [0.15, 0.2) is 0 Å². The van der Waals surface area contributed by atoms with Crippen molar-refractivity contribution < 1.29 is 4.74 Å². The number of aryl methyl sites for hydroxylation is 3. The average Bonchev–Trinajstić information content (AvgIpc) is 3.03. The summed E-state index contributed by atoms with van der Waals surface area (Å²) in [5.74, 6) is 0.706. The Bertz CT molecular complexity index is 1330. The average molecular weight is 421 g/mol. The van der Waals surface area contributed by atoms with E-state index in [9.17, 15) is 9.59 Å². The second kappa shape index (κ2) is 7.95. The van der Waals surface area contributed by atoms with E-state index in [1.165, 1.54) is 21.5 Å². The third-order valence-electron chi connectivity index (χ3n) is 5.32. The molecule has 0 N–H and O–H groups in total. The smallest absolute Gasteiger partial charge is 0.337 e. The van der Waals surface area contributed by atoms with E-state index in [1.54, 1.807) is 28.8 Å². The summed E-state index contributed by atoms with van der Waals surface area (Å²) in [4.78, 5) is 28.6. The van der Waals surface area contributed by atoms with Gasteiger partial charge in [-0.2, -0.15) is 0 Å². The first-order chi connectivity index (χ1) is 14.4. The first-order valence-electron chi connectivity index (χ1n) is 9.95. The largest absolute Gasteiger partial charge is 0.494 e. The van der Waals surface area contributed by atoms with E-state index in [0.29, 0.717) is 30.0 Å². The van der Waals surface area contributed by atoms with Crippen molar-refractivity contribution in [2.24, 2.45) is 0 Å². The summed E-state index contributed by atoms with van der Waals surface area (Å²) in [6.45, 7) is 8.85. The zero-order valence-electron chi connectivity index (χ0n) is 17.6. The van der Waals surface area contributed by atoms with E-state index in [-0.39, 0.29) is 11.2 Å². The lowest BCUT2D eigenvalue weighted by molar-refractivity contribution is 0.340. The lowest BCUT2D eigenvalue weighted by atomic mass is 10.1. The molecule has 0 amide bonds. The molecule has 0 aliphatic carbocycles. The summed E-state index contributed by atoms with van der Waals surface area (Å²) in [5.41, 5.74) is 3.04. The molecule has 154 valence electrons. The quantitative estimate of drug-likeness (QED) is 0.475. The maximum absolute atomic E-state index is 13.5. The second-order valence-electron chi connectivity index (χ2n) is 7.39. The molecule has 0 spiro atoms. The summed E-state index contributed by atoms with van der Waals surface area (Å²) >= 11 is 1.50. The number of benzene rings is 2.